The number of amides is 2. The van der Waals surface area contributed by atoms with Crippen LogP contribution in [0.3, 0.4) is 0 Å². The molecule has 116 valence electrons. The van der Waals surface area contributed by atoms with Crippen molar-refractivity contribution >= 4 is 11.8 Å². The van der Waals surface area contributed by atoms with Crippen LogP contribution in [0.2, 0.25) is 0 Å². The fourth-order valence-electron chi connectivity index (χ4n) is 2.79. The average molecular weight is 282 g/mol. The van der Waals surface area contributed by atoms with Crippen LogP contribution in [0.25, 0.3) is 0 Å². The Labute approximate surface area is 123 Å². The fourth-order valence-corrected chi connectivity index (χ4v) is 2.79. The van der Waals surface area contributed by atoms with Crippen molar-refractivity contribution in [3.8, 4) is 0 Å². The van der Waals surface area contributed by atoms with Gasteiger partial charge >= 0.3 is 0 Å². The molecule has 0 spiro atoms. The molecule has 3 unspecified atom stereocenters. The molecule has 1 aliphatic heterocycles. The van der Waals surface area contributed by atoms with E-state index in [1.807, 2.05) is 18.7 Å². The number of unbranched alkanes of at least 4 members (excludes halogenated alkanes) is 2. The van der Waals surface area contributed by atoms with Gasteiger partial charge in [-0.25, -0.2) is 0 Å². The molecule has 3 atom stereocenters. The van der Waals surface area contributed by atoms with Crippen molar-refractivity contribution in [2.45, 2.75) is 78.3 Å². The highest BCUT2D eigenvalue weighted by Crippen LogP contribution is 2.26. The van der Waals surface area contributed by atoms with Crippen LogP contribution in [0.4, 0.5) is 0 Å². The van der Waals surface area contributed by atoms with E-state index in [9.17, 15) is 9.59 Å². The van der Waals surface area contributed by atoms with Gasteiger partial charge in [-0.05, 0) is 25.7 Å². The van der Waals surface area contributed by atoms with Crippen LogP contribution in [0.15, 0.2) is 0 Å². The first kappa shape index (κ1) is 17.0. The third kappa shape index (κ3) is 3.33. The smallest absolute Gasteiger partial charge is 0.248 e. The largest absolute Gasteiger partial charge is 0.340 e. The van der Waals surface area contributed by atoms with Crippen LogP contribution in [0, 0.1) is 5.92 Å². The molecule has 4 heteroatoms. The van der Waals surface area contributed by atoms with E-state index in [2.05, 4.69) is 26.1 Å². The molecule has 20 heavy (non-hydrogen) atoms. The van der Waals surface area contributed by atoms with Gasteiger partial charge in [0, 0.05) is 6.54 Å². The predicted octanol–water partition coefficient (Wildman–Crippen LogP) is 2.72. The number of rotatable bonds is 7. The summed E-state index contributed by atoms with van der Waals surface area (Å²) in [7, 11) is 0. The van der Waals surface area contributed by atoms with Crippen molar-refractivity contribution in [1.29, 1.82) is 0 Å². The van der Waals surface area contributed by atoms with Gasteiger partial charge in [0.15, 0.2) is 0 Å². The maximum atomic E-state index is 12.8. The van der Waals surface area contributed by atoms with Crippen LogP contribution < -0.4 is 5.32 Å². The fraction of sp³-hybridized carbons (Fsp3) is 0.875. The molecule has 0 radical (unpaired) electrons. The standard InChI is InChI=1S/C16H30N2O2/c1-6-9-10-11-18-13(12(4)7-2)14(19)17-16(5,8-3)15(18)20/h12-13H,6-11H2,1-5H3,(H,17,19). The molecule has 4 nitrogen and oxygen atoms in total. The Morgan fingerprint density at radius 1 is 1.25 bits per heavy atom. The normalized spacial score (nSPS) is 28.4. The van der Waals surface area contributed by atoms with Gasteiger partial charge in [-0.1, -0.05) is 47.0 Å². The molecule has 1 heterocycles. The molecule has 0 aliphatic carbocycles. The van der Waals surface area contributed by atoms with Gasteiger partial charge in [0.1, 0.15) is 11.6 Å². The van der Waals surface area contributed by atoms with Crippen molar-refractivity contribution in [2.24, 2.45) is 5.92 Å². The zero-order valence-corrected chi connectivity index (χ0v) is 13.7. The van der Waals surface area contributed by atoms with Crippen LogP contribution in [-0.4, -0.2) is 34.8 Å². The average Bonchev–Trinajstić information content (AvgIpc) is 2.43. The number of nitrogens with zero attached hydrogens (tertiary/aromatic N) is 1. The topological polar surface area (TPSA) is 49.4 Å². The maximum Gasteiger partial charge on any atom is 0.248 e. The Morgan fingerprint density at radius 2 is 1.90 bits per heavy atom. The number of hydrogen-bond donors (Lipinski definition) is 1. The third-order valence-corrected chi connectivity index (χ3v) is 4.63. The number of carbonyl (C=O) groups excluding carboxylic acids is 2. The zero-order valence-electron chi connectivity index (χ0n) is 13.7. The SMILES string of the molecule is CCCCCN1C(=O)C(C)(CC)NC(=O)C1C(C)CC. The second-order valence-corrected chi connectivity index (χ2v) is 6.21. The van der Waals surface area contributed by atoms with Crippen LogP contribution in [0.1, 0.15) is 66.7 Å². The number of piperazine rings is 1. The summed E-state index contributed by atoms with van der Waals surface area (Å²) < 4.78 is 0. The number of nitrogens with one attached hydrogen (secondary N) is 1. The zero-order chi connectivity index (χ0) is 15.3. The number of hydrogen-bond acceptors (Lipinski definition) is 2. The highest BCUT2D eigenvalue weighted by Gasteiger charge is 2.47. The van der Waals surface area contributed by atoms with Gasteiger partial charge in [0.25, 0.3) is 0 Å². The Kier molecular flexibility index (Phi) is 6.03. The molecule has 2 amide bonds. The van der Waals surface area contributed by atoms with Crippen molar-refractivity contribution < 1.29 is 9.59 Å². The molecule has 0 bridgehead atoms. The summed E-state index contributed by atoms with van der Waals surface area (Å²) >= 11 is 0. The Morgan fingerprint density at radius 3 is 2.40 bits per heavy atom. The molecule has 1 N–H and O–H groups in total. The second kappa shape index (κ2) is 7.09. The number of carbonyl (C=O) groups is 2. The summed E-state index contributed by atoms with van der Waals surface area (Å²) in [6.07, 6.45) is 4.73. The maximum absolute atomic E-state index is 12.8. The third-order valence-electron chi connectivity index (χ3n) is 4.63. The molecular weight excluding hydrogens is 252 g/mol. The molecule has 0 saturated carbocycles. The van der Waals surface area contributed by atoms with Crippen molar-refractivity contribution in [2.75, 3.05) is 6.54 Å². The lowest BCUT2D eigenvalue weighted by Gasteiger charge is -2.46. The summed E-state index contributed by atoms with van der Waals surface area (Å²) in [5.41, 5.74) is -0.729. The Balaban J connectivity index is 2.97. The molecule has 0 aromatic rings. The van der Waals surface area contributed by atoms with E-state index in [-0.39, 0.29) is 23.8 Å². The highest BCUT2D eigenvalue weighted by atomic mass is 16.2. The summed E-state index contributed by atoms with van der Waals surface area (Å²) in [4.78, 5) is 27.1. The van der Waals surface area contributed by atoms with Gasteiger partial charge in [-0.2, -0.15) is 0 Å². The van der Waals surface area contributed by atoms with Gasteiger partial charge in [-0.15, -0.1) is 0 Å². The first-order chi connectivity index (χ1) is 9.41. The summed E-state index contributed by atoms with van der Waals surface area (Å²) in [6.45, 7) is 10.8. The van der Waals surface area contributed by atoms with Gasteiger partial charge in [0.05, 0.1) is 0 Å². The van der Waals surface area contributed by atoms with E-state index in [1.165, 1.54) is 0 Å². The summed E-state index contributed by atoms with van der Waals surface area (Å²) in [5.74, 6) is 0.294. The minimum atomic E-state index is -0.729. The van der Waals surface area contributed by atoms with E-state index in [1.54, 1.807) is 0 Å². The van der Waals surface area contributed by atoms with E-state index < -0.39 is 5.54 Å². The molecule has 1 fully saturated rings. The van der Waals surface area contributed by atoms with E-state index in [0.717, 1.165) is 25.7 Å². The van der Waals surface area contributed by atoms with Crippen molar-refractivity contribution in [1.82, 2.24) is 10.2 Å². The highest BCUT2D eigenvalue weighted by molar-refractivity contribution is 5.99. The lowest BCUT2D eigenvalue weighted by Crippen LogP contribution is -2.70. The Hall–Kier alpha value is -1.06. The minimum absolute atomic E-state index is 0.0137. The molecule has 1 aliphatic rings. The molecule has 0 aromatic carbocycles. The van der Waals surface area contributed by atoms with Gasteiger partial charge in [-0.3, -0.25) is 9.59 Å². The first-order valence-electron chi connectivity index (χ1n) is 8.04. The summed E-state index contributed by atoms with van der Waals surface area (Å²) in [5, 5.41) is 2.95. The lowest BCUT2D eigenvalue weighted by atomic mass is 9.86. The second-order valence-electron chi connectivity index (χ2n) is 6.21. The van der Waals surface area contributed by atoms with E-state index in [0.29, 0.717) is 13.0 Å². The monoisotopic (exact) mass is 282 g/mol. The van der Waals surface area contributed by atoms with Gasteiger partial charge < -0.3 is 10.2 Å². The quantitative estimate of drug-likeness (QED) is 0.730. The molecular formula is C16H30N2O2. The Bertz CT molecular complexity index is 356. The summed E-state index contributed by atoms with van der Waals surface area (Å²) in [6, 6.07) is -0.302. The molecule has 1 rings (SSSR count). The lowest BCUT2D eigenvalue weighted by molar-refractivity contribution is -0.156. The van der Waals surface area contributed by atoms with Crippen molar-refractivity contribution in [3.05, 3.63) is 0 Å². The minimum Gasteiger partial charge on any atom is -0.340 e. The van der Waals surface area contributed by atoms with E-state index in [4.69, 9.17) is 0 Å². The molecule has 0 aromatic heterocycles. The molecule has 1 saturated heterocycles. The van der Waals surface area contributed by atoms with Crippen LogP contribution >= 0.6 is 0 Å². The van der Waals surface area contributed by atoms with E-state index >= 15 is 0 Å². The van der Waals surface area contributed by atoms with Crippen molar-refractivity contribution in [3.63, 3.8) is 0 Å². The van der Waals surface area contributed by atoms with Crippen LogP contribution in [0.5, 0.6) is 0 Å². The predicted molar refractivity (Wildman–Crippen MR) is 81.3 cm³/mol. The van der Waals surface area contributed by atoms with Crippen LogP contribution in [-0.2, 0) is 9.59 Å². The van der Waals surface area contributed by atoms with Gasteiger partial charge in [0.2, 0.25) is 11.8 Å². The first-order valence-corrected chi connectivity index (χ1v) is 8.04.